The third kappa shape index (κ3) is 2.35. The van der Waals surface area contributed by atoms with Crippen molar-refractivity contribution in [1.82, 2.24) is 0 Å². The summed E-state index contributed by atoms with van der Waals surface area (Å²) in [5.74, 6) is 1.59. The Morgan fingerprint density at radius 1 is 1.38 bits per heavy atom. The fourth-order valence-corrected chi connectivity index (χ4v) is 2.43. The standard InChI is InChI=1S/C12H15NO2S/c1-8-3-6-11(16-8)12(13)10-5-4-9(15-10)7-14-2/h3-6,12H,7,13H2,1-2H3. The number of rotatable bonds is 4. The van der Waals surface area contributed by atoms with E-state index in [-0.39, 0.29) is 6.04 Å². The summed E-state index contributed by atoms with van der Waals surface area (Å²) < 4.78 is 10.6. The molecule has 0 spiro atoms. The Kier molecular flexibility index (Phi) is 3.43. The summed E-state index contributed by atoms with van der Waals surface area (Å²) in [7, 11) is 1.64. The Balaban J connectivity index is 2.17. The zero-order valence-electron chi connectivity index (χ0n) is 9.40. The van der Waals surface area contributed by atoms with Crippen LogP contribution in [-0.4, -0.2) is 7.11 Å². The second-order valence-corrected chi connectivity index (χ2v) is 4.98. The van der Waals surface area contributed by atoms with Crippen LogP contribution in [0.2, 0.25) is 0 Å². The van der Waals surface area contributed by atoms with E-state index >= 15 is 0 Å². The van der Waals surface area contributed by atoms with E-state index < -0.39 is 0 Å². The number of nitrogens with two attached hydrogens (primary N) is 1. The summed E-state index contributed by atoms with van der Waals surface area (Å²) in [6.07, 6.45) is 0. The van der Waals surface area contributed by atoms with Crippen LogP contribution in [0.25, 0.3) is 0 Å². The Labute approximate surface area is 98.8 Å². The lowest BCUT2D eigenvalue weighted by Gasteiger charge is -2.05. The molecule has 0 saturated carbocycles. The maximum Gasteiger partial charge on any atom is 0.129 e. The molecule has 1 unspecified atom stereocenters. The summed E-state index contributed by atoms with van der Waals surface area (Å²) in [5, 5.41) is 0. The van der Waals surface area contributed by atoms with Gasteiger partial charge in [-0.25, -0.2) is 0 Å². The van der Waals surface area contributed by atoms with Gasteiger partial charge in [-0.3, -0.25) is 0 Å². The number of hydrogen-bond acceptors (Lipinski definition) is 4. The highest BCUT2D eigenvalue weighted by Crippen LogP contribution is 2.27. The number of thiophene rings is 1. The zero-order chi connectivity index (χ0) is 11.5. The van der Waals surface area contributed by atoms with E-state index in [1.165, 1.54) is 4.88 Å². The molecule has 2 N–H and O–H groups in total. The normalized spacial score (nSPS) is 12.9. The molecule has 4 heteroatoms. The average Bonchev–Trinajstić information content (AvgIpc) is 2.87. The van der Waals surface area contributed by atoms with Gasteiger partial charge in [0.1, 0.15) is 18.1 Å². The van der Waals surface area contributed by atoms with Gasteiger partial charge in [0.2, 0.25) is 0 Å². The van der Waals surface area contributed by atoms with Crippen LogP contribution in [0, 0.1) is 6.92 Å². The highest BCUT2D eigenvalue weighted by atomic mass is 32.1. The van der Waals surface area contributed by atoms with E-state index in [9.17, 15) is 0 Å². The minimum Gasteiger partial charge on any atom is -0.462 e. The van der Waals surface area contributed by atoms with Crippen LogP contribution < -0.4 is 5.73 Å². The lowest BCUT2D eigenvalue weighted by Crippen LogP contribution is -2.08. The molecule has 2 aromatic rings. The van der Waals surface area contributed by atoms with Crippen molar-refractivity contribution in [2.45, 2.75) is 19.6 Å². The first kappa shape index (κ1) is 11.4. The number of furan rings is 1. The Hall–Kier alpha value is -1.10. The molecule has 16 heavy (non-hydrogen) atoms. The van der Waals surface area contributed by atoms with Crippen molar-refractivity contribution in [1.29, 1.82) is 0 Å². The molecule has 0 saturated heterocycles. The van der Waals surface area contributed by atoms with Gasteiger partial charge in [0.25, 0.3) is 0 Å². The molecule has 0 aliphatic rings. The van der Waals surface area contributed by atoms with Crippen LogP contribution in [0.3, 0.4) is 0 Å². The molecule has 0 aromatic carbocycles. The molecular formula is C12H15NO2S. The van der Waals surface area contributed by atoms with E-state index in [1.807, 2.05) is 18.2 Å². The molecule has 2 aromatic heterocycles. The molecule has 3 nitrogen and oxygen atoms in total. The van der Waals surface area contributed by atoms with Gasteiger partial charge < -0.3 is 14.9 Å². The predicted octanol–water partition coefficient (Wildman–Crippen LogP) is 2.84. The summed E-state index contributed by atoms with van der Waals surface area (Å²) in [4.78, 5) is 2.38. The van der Waals surface area contributed by atoms with Gasteiger partial charge in [0.15, 0.2) is 0 Å². The van der Waals surface area contributed by atoms with E-state index in [0.717, 1.165) is 16.4 Å². The Morgan fingerprint density at radius 3 is 2.81 bits per heavy atom. The Bertz CT molecular complexity index is 461. The molecule has 0 fully saturated rings. The molecule has 0 amide bonds. The van der Waals surface area contributed by atoms with Crippen molar-refractivity contribution in [3.63, 3.8) is 0 Å². The number of methoxy groups -OCH3 is 1. The first-order valence-electron chi connectivity index (χ1n) is 5.10. The molecule has 1 atom stereocenters. The van der Waals surface area contributed by atoms with Crippen LogP contribution in [0.15, 0.2) is 28.7 Å². The summed E-state index contributed by atoms with van der Waals surface area (Å²) in [6, 6.07) is 7.75. The van der Waals surface area contributed by atoms with Gasteiger partial charge in [-0.05, 0) is 31.2 Å². The SMILES string of the molecule is COCc1ccc(C(N)c2ccc(C)s2)o1. The highest BCUT2D eigenvalue weighted by molar-refractivity contribution is 7.12. The van der Waals surface area contributed by atoms with E-state index in [1.54, 1.807) is 18.4 Å². The molecule has 0 bridgehead atoms. The number of hydrogen-bond donors (Lipinski definition) is 1. The minimum atomic E-state index is -0.177. The minimum absolute atomic E-state index is 0.177. The largest absolute Gasteiger partial charge is 0.462 e. The van der Waals surface area contributed by atoms with E-state index in [0.29, 0.717) is 6.61 Å². The molecule has 0 radical (unpaired) electrons. The summed E-state index contributed by atoms with van der Waals surface area (Å²) >= 11 is 1.70. The molecule has 2 heterocycles. The lowest BCUT2D eigenvalue weighted by atomic mass is 10.2. The van der Waals surface area contributed by atoms with Gasteiger partial charge in [-0.15, -0.1) is 11.3 Å². The van der Waals surface area contributed by atoms with Crippen molar-refractivity contribution >= 4 is 11.3 Å². The van der Waals surface area contributed by atoms with Crippen molar-refractivity contribution in [3.8, 4) is 0 Å². The van der Waals surface area contributed by atoms with Crippen molar-refractivity contribution in [2.75, 3.05) is 7.11 Å². The van der Waals surface area contributed by atoms with Crippen molar-refractivity contribution < 1.29 is 9.15 Å². The molecular weight excluding hydrogens is 222 g/mol. The summed E-state index contributed by atoms with van der Waals surface area (Å²) in [6.45, 7) is 2.55. The highest BCUT2D eigenvalue weighted by Gasteiger charge is 2.14. The van der Waals surface area contributed by atoms with Gasteiger partial charge >= 0.3 is 0 Å². The van der Waals surface area contributed by atoms with Crippen molar-refractivity contribution in [2.24, 2.45) is 5.73 Å². The Morgan fingerprint density at radius 2 is 2.19 bits per heavy atom. The fourth-order valence-electron chi connectivity index (χ4n) is 1.54. The van der Waals surface area contributed by atoms with Crippen LogP contribution in [-0.2, 0) is 11.3 Å². The topological polar surface area (TPSA) is 48.4 Å². The van der Waals surface area contributed by atoms with Crippen molar-refractivity contribution in [3.05, 3.63) is 45.5 Å². The third-order valence-electron chi connectivity index (χ3n) is 2.34. The van der Waals surface area contributed by atoms with Gasteiger partial charge in [0, 0.05) is 16.9 Å². The molecule has 86 valence electrons. The quantitative estimate of drug-likeness (QED) is 0.889. The van der Waals surface area contributed by atoms with E-state index in [2.05, 4.69) is 13.0 Å². The van der Waals surface area contributed by atoms with Gasteiger partial charge in [-0.1, -0.05) is 0 Å². The zero-order valence-corrected chi connectivity index (χ0v) is 10.2. The number of ether oxygens (including phenoxy) is 1. The average molecular weight is 237 g/mol. The third-order valence-corrected chi connectivity index (χ3v) is 3.43. The number of aryl methyl sites for hydroxylation is 1. The van der Waals surface area contributed by atoms with Crippen LogP contribution >= 0.6 is 11.3 Å². The molecule has 0 aliphatic heterocycles. The lowest BCUT2D eigenvalue weighted by molar-refractivity contribution is 0.162. The smallest absolute Gasteiger partial charge is 0.129 e. The second-order valence-electron chi connectivity index (χ2n) is 3.66. The first-order valence-corrected chi connectivity index (χ1v) is 5.92. The monoisotopic (exact) mass is 237 g/mol. The summed E-state index contributed by atoms with van der Waals surface area (Å²) in [5.41, 5.74) is 6.11. The van der Waals surface area contributed by atoms with E-state index in [4.69, 9.17) is 14.9 Å². The van der Waals surface area contributed by atoms with Crippen LogP contribution in [0.1, 0.15) is 27.3 Å². The van der Waals surface area contributed by atoms with Gasteiger partial charge in [0.05, 0.1) is 6.04 Å². The first-order chi connectivity index (χ1) is 7.70. The van der Waals surface area contributed by atoms with Crippen LogP contribution in [0.5, 0.6) is 0 Å². The molecule has 2 rings (SSSR count). The maximum absolute atomic E-state index is 6.11. The van der Waals surface area contributed by atoms with Gasteiger partial charge in [-0.2, -0.15) is 0 Å². The molecule has 0 aliphatic carbocycles. The fraction of sp³-hybridized carbons (Fsp3) is 0.333. The second kappa shape index (κ2) is 4.82. The van der Waals surface area contributed by atoms with Crippen LogP contribution in [0.4, 0.5) is 0 Å². The predicted molar refractivity (Wildman–Crippen MR) is 64.5 cm³/mol. The maximum atomic E-state index is 6.11.